The smallest absolute Gasteiger partial charge is 0.113 e. The number of rotatable bonds is 6. The first kappa shape index (κ1) is 17.9. The van der Waals surface area contributed by atoms with Crippen LogP contribution in [-0.4, -0.2) is 50.5 Å². The molecule has 0 amide bonds. The van der Waals surface area contributed by atoms with Crippen molar-refractivity contribution in [1.29, 1.82) is 0 Å². The van der Waals surface area contributed by atoms with Crippen LogP contribution in [0.25, 0.3) is 16.7 Å². The lowest BCUT2D eigenvalue weighted by Crippen LogP contribution is -2.43. The molecule has 0 aliphatic carbocycles. The third kappa shape index (κ3) is 3.86. The summed E-state index contributed by atoms with van der Waals surface area (Å²) in [6, 6.07) is 19.2. The number of anilines is 1. The second kappa shape index (κ2) is 8.05. The molecule has 1 N–H and O–H groups in total. The van der Waals surface area contributed by atoms with E-state index in [0.29, 0.717) is 6.04 Å². The van der Waals surface area contributed by atoms with Gasteiger partial charge in [0.2, 0.25) is 0 Å². The van der Waals surface area contributed by atoms with Gasteiger partial charge in [-0.15, -0.1) is 5.10 Å². The number of benzene rings is 2. The van der Waals surface area contributed by atoms with E-state index in [1.165, 1.54) is 5.69 Å². The highest BCUT2D eigenvalue weighted by atomic mass is 15.4. The van der Waals surface area contributed by atoms with Gasteiger partial charge in [0.05, 0.1) is 17.7 Å². The maximum Gasteiger partial charge on any atom is 0.113 e. The lowest BCUT2D eigenvalue weighted by Gasteiger charge is -2.34. The van der Waals surface area contributed by atoms with Gasteiger partial charge in [-0.1, -0.05) is 23.4 Å². The molecule has 1 aliphatic heterocycles. The maximum absolute atomic E-state index is 4.34. The van der Waals surface area contributed by atoms with Crippen LogP contribution in [-0.2, 0) is 6.54 Å². The highest BCUT2D eigenvalue weighted by Crippen LogP contribution is 2.22. The van der Waals surface area contributed by atoms with Gasteiger partial charge >= 0.3 is 0 Å². The molecule has 4 aromatic rings. The van der Waals surface area contributed by atoms with Crippen LogP contribution in [0.5, 0.6) is 0 Å². The van der Waals surface area contributed by atoms with Crippen LogP contribution in [0.1, 0.15) is 12.8 Å². The molecule has 1 saturated heterocycles. The third-order valence-corrected chi connectivity index (χ3v) is 5.64. The number of piperidine rings is 1. The maximum atomic E-state index is 4.34. The normalized spacial score (nSPS) is 15.2. The van der Waals surface area contributed by atoms with Crippen LogP contribution in [0.4, 0.5) is 5.69 Å². The van der Waals surface area contributed by atoms with E-state index in [-0.39, 0.29) is 0 Å². The summed E-state index contributed by atoms with van der Waals surface area (Å²) in [5, 5.41) is 16.5. The van der Waals surface area contributed by atoms with Crippen molar-refractivity contribution in [3.8, 4) is 5.69 Å². The molecule has 7 nitrogen and oxygen atoms in total. The minimum atomic E-state index is 0.551. The summed E-state index contributed by atoms with van der Waals surface area (Å²) < 4.78 is 3.89. The van der Waals surface area contributed by atoms with Crippen LogP contribution in [0.3, 0.4) is 0 Å². The molecule has 0 saturated carbocycles. The zero-order valence-electron chi connectivity index (χ0n) is 16.4. The molecule has 7 heteroatoms. The second-order valence-electron chi connectivity index (χ2n) is 7.49. The Morgan fingerprint density at radius 1 is 0.966 bits per heavy atom. The number of nitrogens with zero attached hydrogens (tertiary/aromatic N) is 6. The summed E-state index contributed by atoms with van der Waals surface area (Å²) >= 11 is 0. The lowest BCUT2D eigenvalue weighted by molar-refractivity contribution is 0.401. The fraction of sp³-hybridized carbons (Fsp3) is 0.318. The first-order valence-electron chi connectivity index (χ1n) is 10.2. The molecule has 5 rings (SSSR count). The molecule has 3 heterocycles. The van der Waals surface area contributed by atoms with Crippen LogP contribution >= 0.6 is 0 Å². The van der Waals surface area contributed by atoms with Gasteiger partial charge in [-0.2, -0.15) is 5.10 Å². The Kier molecular flexibility index (Phi) is 4.96. The van der Waals surface area contributed by atoms with E-state index in [4.69, 9.17) is 0 Å². The molecule has 2 aromatic carbocycles. The largest absolute Gasteiger partial charge is 0.371 e. The van der Waals surface area contributed by atoms with Gasteiger partial charge in [0, 0.05) is 43.8 Å². The quantitative estimate of drug-likeness (QED) is 0.551. The van der Waals surface area contributed by atoms with Crippen LogP contribution in [0, 0.1) is 0 Å². The van der Waals surface area contributed by atoms with Crippen molar-refractivity contribution >= 4 is 16.7 Å². The Labute approximate surface area is 169 Å². The van der Waals surface area contributed by atoms with Gasteiger partial charge in [0.25, 0.3) is 0 Å². The molecule has 0 unspecified atom stereocenters. The molecule has 2 aromatic heterocycles. The van der Waals surface area contributed by atoms with Gasteiger partial charge < -0.3 is 10.2 Å². The highest BCUT2D eigenvalue weighted by Gasteiger charge is 2.19. The number of hydrogen-bond acceptors (Lipinski definition) is 5. The van der Waals surface area contributed by atoms with E-state index >= 15 is 0 Å². The van der Waals surface area contributed by atoms with Crippen molar-refractivity contribution in [2.75, 3.05) is 24.5 Å². The average Bonchev–Trinajstić information content (AvgIpc) is 3.45. The second-order valence-corrected chi connectivity index (χ2v) is 7.49. The van der Waals surface area contributed by atoms with E-state index < -0.39 is 0 Å². The molecular weight excluding hydrogens is 362 g/mol. The third-order valence-electron chi connectivity index (χ3n) is 5.64. The SMILES string of the molecule is c1cc(N2CCC(NCCn3nnc4ccccc43)CC2)cc(-n2cccn2)c1. The Bertz CT molecular complexity index is 1060. The Morgan fingerprint density at radius 2 is 1.83 bits per heavy atom. The lowest BCUT2D eigenvalue weighted by atomic mass is 10.0. The summed E-state index contributed by atoms with van der Waals surface area (Å²) in [6.45, 7) is 3.87. The minimum Gasteiger partial charge on any atom is -0.371 e. The summed E-state index contributed by atoms with van der Waals surface area (Å²) in [7, 11) is 0. The van der Waals surface area contributed by atoms with Crippen molar-refractivity contribution in [3.63, 3.8) is 0 Å². The fourth-order valence-electron chi connectivity index (χ4n) is 4.05. The van der Waals surface area contributed by atoms with Crippen molar-refractivity contribution in [3.05, 3.63) is 67.0 Å². The van der Waals surface area contributed by atoms with Gasteiger partial charge in [0.1, 0.15) is 5.52 Å². The monoisotopic (exact) mass is 387 g/mol. The molecule has 0 radical (unpaired) electrons. The van der Waals surface area contributed by atoms with E-state index in [1.807, 2.05) is 46.0 Å². The van der Waals surface area contributed by atoms with E-state index in [0.717, 1.165) is 55.7 Å². The topological polar surface area (TPSA) is 63.8 Å². The van der Waals surface area contributed by atoms with E-state index in [1.54, 1.807) is 0 Å². The first-order chi connectivity index (χ1) is 14.4. The molecule has 29 heavy (non-hydrogen) atoms. The standard InChI is InChI=1S/C22H25N7/c1-2-8-22-21(7-1)25-26-29(22)16-12-23-18-9-14-27(15-10-18)19-5-3-6-20(17-19)28-13-4-11-24-28/h1-8,11,13,17-18,23H,9-10,12,14-16H2. The molecular formula is C22H25N7. The Balaban J connectivity index is 1.14. The Morgan fingerprint density at radius 3 is 2.69 bits per heavy atom. The van der Waals surface area contributed by atoms with Crippen molar-refractivity contribution < 1.29 is 0 Å². The zero-order chi connectivity index (χ0) is 19.5. The average molecular weight is 387 g/mol. The molecule has 1 fully saturated rings. The highest BCUT2D eigenvalue weighted by molar-refractivity contribution is 5.73. The van der Waals surface area contributed by atoms with Gasteiger partial charge in [-0.05, 0) is 49.2 Å². The number of fused-ring (bicyclic) bond motifs is 1. The minimum absolute atomic E-state index is 0.551. The number of aromatic nitrogens is 5. The van der Waals surface area contributed by atoms with E-state index in [2.05, 4.69) is 56.0 Å². The number of para-hydroxylation sites is 1. The van der Waals surface area contributed by atoms with Crippen LogP contribution < -0.4 is 10.2 Å². The summed E-state index contributed by atoms with van der Waals surface area (Å²) in [4.78, 5) is 2.47. The molecule has 1 aliphatic rings. The number of nitrogens with one attached hydrogen (secondary N) is 1. The first-order valence-corrected chi connectivity index (χ1v) is 10.2. The molecule has 148 valence electrons. The van der Waals surface area contributed by atoms with Crippen molar-refractivity contribution in [2.45, 2.75) is 25.4 Å². The van der Waals surface area contributed by atoms with Crippen LogP contribution in [0.15, 0.2) is 67.0 Å². The predicted octanol–water partition coefficient (Wildman–Crippen LogP) is 2.88. The molecule has 0 bridgehead atoms. The molecule has 0 atom stereocenters. The van der Waals surface area contributed by atoms with Gasteiger partial charge in [-0.3, -0.25) is 0 Å². The van der Waals surface area contributed by atoms with Crippen LogP contribution in [0.2, 0.25) is 0 Å². The van der Waals surface area contributed by atoms with E-state index in [9.17, 15) is 0 Å². The zero-order valence-corrected chi connectivity index (χ0v) is 16.4. The predicted molar refractivity (Wildman–Crippen MR) is 114 cm³/mol. The summed E-state index contributed by atoms with van der Waals surface area (Å²) in [6.07, 6.45) is 6.08. The van der Waals surface area contributed by atoms with Crippen molar-refractivity contribution in [2.24, 2.45) is 0 Å². The summed E-state index contributed by atoms with van der Waals surface area (Å²) in [5.74, 6) is 0. The number of hydrogen-bond donors (Lipinski definition) is 1. The Hall–Kier alpha value is -3.19. The van der Waals surface area contributed by atoms with Gasteiger partial charge in [-0.25, -0.2) is 9.36 Å². The van der Waals surface area contributed by atoms with Crippen molar-refractivity contribution in [1.82, 2.24) is 30.1 Å². The van der Waals surface area contributed by atoms with Gasteiger partial charge in [0.15, 0.2) is 0 Å². The molecule has 0 spiro atoms. The fourth-order valence-corrected chi connectivity index (χ4v) is 4.05. The summed E-state index contributed by atoms with van der Waals surface area (Å²) in [5.41, 5.74) is 4.43.